The first-order chi connectivity index (χ1) is 12.7. The Kier molecular flexibility index (Phi) is 4.70. The van der Waals surface area contributed by atoms with E-state index >= 15 is 0 Å². The van der Waals surface area contributed by atoms with Crippen LogP contribution in [0.3, 0.4) is 0 Å². The van der Waals surface area contributed by atoms with Crippen LogP contribution in [0.2, 0.25) is 0 Å². The summed E-state index contributed by atoms with van der Waals surface area (Å²) in [6.45, 7) is 1.43. The predicted octanol–water partition coefficient (Wildman–Crippen LogP) is 1.98. The number of amides is 1. The molecule has 0 radical (unpaired) electrons. The van der Waals surface area contributed by atoms with Crippen molar-refractivity contribution in [2.75, 3.05) is 26.8 Å². The van der Waals surface area contributed by atoms with Crippen molar-refractivity contribution in [3.05, 3.63) is 35.6 Å². The number of methoxy groups -OCH3 is 1. The van der Waals surface area contributed by atoms with Gasteiger partial charge in [-0.25, -0.2) is 0 Å². The van der Waals surface area contributed by atoms with Crippen molar-refractivity contribution in [1.29, 1.82) is 0 Å². The third-order valence-electron chi connectivity index (χ3n) is 4.52. The van der Waals surface area contributed by atoms with E-state index in [0.29, 0.717) is 30.5 Å². The molecule has 0 saturated carbocycles. The van der Waals surface area contributed by atoms with Crippen LogP contribution in [0, 0.1) is 0 Å². The van der Waals surface area contributed by atoms with Crippen molar-refractivity contribution in [3.8, 4) is 11.5 Å². The van der Waals surface area contributed by atoms with Crippen molar-refractivity contribution in [3.63, 3.8) is 0 Å². The van der Waals surface area contributed by atoms with E-state index in [1.54, 1.807) is 35.4 Å². The van der Waals surface area contributed by atoms with Crippen molar-refractivity contribution in [2.24, 2.45) is 0 Å². The van der Waals surface area contributed by atoms with Crippen molar-refractivity contribution < 1.29 is 14.3 Å². The highest BCUT2D eigenvalue weighted by atomic mass is 32.1. The molecular weight excluding hydrogens is 354 g/mol. The molecule has 1 fully saturated rings. The summed E-state index contributed by atoms with van der Waals surface area (Å²) in [6.07, 6.45) is 3.40. The molecule has 1 aromatic carbocycles. The van der Waals surface area contributed by atoms with E-state index in [-0.39, 0.29) is 12.5 Å². The fourth-order valence-corrected chi connectivity index (χ4v) is 4.07. The van der Waals surface area contributed by atoms with Gasteiger partial charge in [-0.1, -0.05) is 23.5 Å². The number of rotatable bonds is 5. The minimum Gasteiger partial charge on any atom is -0.493 e. The average molecular weight is 373 g/mol. The highest BCUT2D eigenvalue weighted by Crippen LogP contribution is 2.31. The Morgan fingerprint density at radius 3 is 2.77 bits per heavy atom. The van der Waals surface area contributed by atoms with Crippen molar-refractivity contribution in [2.45, 2.75) is 18.8 Å². The number of likely N-dealkylation sites (tertiary alicyclic amines) is 1. The molecule has 0 bridgehead atoms. The number of hydrogen-bond donors (Lipinski definition) is 0. The number of nitrogens with zero attached hydrogens (tertiary/aromatic N) is 5. The molecule has 8 nitrogen and oxygen atoms in total. The second kappa shape index (κ2) is 7.28. The van der Waals surface area contributed by atoms with Crippen LogP contribution in [0.15, 0.2) is 30.6 Å². The monoisotopic (exact) mass is 373 g/mol. The number of benzene rings is 1. The molecule has 1 aliphatic rings. The Bertz CT molecular complexity index is 872. The lowest BCUT2D eigenvalue weighted by Crippen LogP contribution is -2.40. The van der Waals surface area contributed by atoms with Crippen LogP contribution in [0.25, 0.3) is 4.96 Å². The fourth-order valence-electron chi connectivity index (χ4n) is 3.08. The first kappa shape index (κ1) is 16.8. The Morgan fingerprint density at radius 1 is 1.27 bits per heavy atom. The molecule has 9 heteroatoms. The van der Waals surface area contributed by atoms with Crippen LogP contribution in [-0.2, 0) is 4.79 Å². The Balaban J connectivity index is 1.31. The largest absolute Gasteiger partial charge is 0.493 e. The molecule has 3 heterocycles. The number of carbonyl (C=O) groups is 1. The van der Waals surface area contributed by atoms with E-state index < -0.39 is 0 Å². The molecule has 0 unspecified atom stereocenters. The maximum atomic E-state index is 12.4. The molecular formula is C17H19N5O3S. The number of fused-ring (bicyclic) bond motifs is 1. The van der Waals surface area contributed by atoms with Gasteiger partial charge in [0.1, 0.15) is 11.3 Å². The summed E-state index contributed by atoms with van der Waals surface area (Å²) in [5.74, 6) is 1.56. The van der Waals surface area contributed by atoms with Gasteiger partial charge in [0.15, 0.2) is 18.1 Å². The molecule has 1 amide bonds. The average Bonchev–Trinajstić information content (AvgIpc) is 3.28. The lowest BCUT2D eigenvalue weighted by Gasteiger charge is -2.30. The number of piperidine rings is 1. The molecule has 0 atom stereocenters. The molecule has 1 aliphatic heterocycles. The predicted molar refractivity (Wildman–Crippen MR) is 95.7 cm³/mol. The van der Waals surface area contributed by atoms with Crippen LogP contribution in [0.4, 0.5) is 0 Å². The van der Waals surface area contributed by atoms with E-state index in [2.05, 4.69) is 15.3 Å². The standard InChI is InChI=1S/C17H19N5O3S/c1-24-13-4-2-3-5-14(13)25-10-15(23)21-8-6-12(7-9-21)16-20-22-11-18-19-17(22)26-16/h2-5,11-12H,6-10H2,1H3. The first-order valence-corrected chi connectivity index (χ1v) is 9.26. The summed E-state index contributed by atoms with van der Waals surface area (Å²) in [5.41, 5.74) is 0. The van der Waals surface area contributed by atoms with Crippen LogP contribution in [0.5, 0.6) is 11.5 Å². The quantitative estimate of drug-likeness (QED) is 0.680. The number of para-hydroxylation sites is 2. The molecule has 0 aliphatic carbocycles. The lowest BCUT2D eigenvalue weighted by molar-refractivity contribution is -0.134. The maximum absolute atomic E-state index is 12.4. The first-order valence-electron chi connectivity index (χ1n) is 8.45. The number of hydrogen-bond acceptors (Lipinski definition) is 7. The van der Waals surface area contributed by atoms with E-state index in [0.717, 1.165) is 22.8 Å². The summed E-state index contributed by atoms with van der Waals surface area (Å²) in [7, 11) is 1.58. The minimum atomic E-state index is -0.00695. The topological polar surface area (TPSA) is 81.9 Å². The molecule has 26 heavy (non-hydrogen) atoms. The van der Waals surface area contributed by atoms with Crippen molar-refractivity contribution >= 4 is 22.2 Å². The third-order valence-corrected chi connectivity index (χ3v) is 5.59. The molecule has 136 valence electrons. The van der Waals surface area contributed by atoms with E-state index in [4.69, 9.17) is 9.47 Å². The van der Waals surface area contributed by atoms with Crippen LogP contribution < -0.4 is 9.47 Å². The highest BCUT2D eigenvalue weighted by molar-refractivity contribution is 7.16. The Labute approximate surface area is 154 Å². The van der Waals surface area contributed by atoms with Gasteiger partial charge < -0.3 is 14.4 Å². The van der Waals surface area contributed by atoms with Gasteiger partial charge in [-0.15, -0.1) is 10.2 Å². The zero-order valence-electron chi connectivity index (χ0n) is 14.4. The van der Waals surface area contributed by atoms with Gasteiger partial charge in [-0.2, -0.15) is 9.61 Å². The second-order valence-electron chi connectivity index (χ2n) is 6.09. The zero-order chi connectivity index (χ0) is 17.9. The highest BCUT2D eigenvalue weighted by Gasteiger charge is 2.26. The summed E-state index contributed by atoms with van der Waals surface area (Å²) < 4.78 is 12.6. The van der Waals surface area contributed by atoms with Gasteiger partial charge in [-0.05, 0) is 25.0 Å². The fraction of sp³-hybridized carbons (Fsp3) is 0.412. The van der Waals surface area contributed by atoms with Crippen LogP contribution in [0.1, 0.15) is 23.8 Å². The van der Waals surface area contributed by atoms with E-state index in [1.165, 1.54) is 0 Å². The summed E-state index contributed by atoms with van der Waals surface area (Å²) in [4.78, 5) is 15.1. The van der Waals surface area contributed by atoms with Gasteiger partial charge in [0.05, 0.1) is 7.11 Å². The number of ether oxygens (including phenoxy) is 2. The molecule has 4 rings (SSSR count). The minimum absolute atomic E-state index is 0.00695. The lowest BCUT2D eigenvalue weighted by atomic mass is 9.97. The van der Waals surface area contributed by atoms with E-state index in [9.17, 15) is 4.79 Å². The third kappa shape index (κ3) is 3.34. The molecule has 2 aromatic heterocycles. The second-order valence-corrected chi connectivity index (χ2v) is 7.08. The van der Waals surface area contributed by atoms with Gasteiger partial charge >= 0.3 is 0 Å². The molecule has 3 aromatic rings. The Hall–Kier alpha value is -2.68. The molecule has 0 spiro atoms. The van der Waals surface area contributed by atoms with Crippen LogP contribution >= 0.6 is 11.3 Å². The van der Waals surface area contributed by atoms with E-state index in [1.807, 2.05) is 23.1 Å². The van der Waals surface area contributed by atoms with Crippen LogP contribution in [-0.4, -0.2) is 57.4 Å². The number of carbonyl (C=O) groups excluding carboxylic acids is 1. The molecule has 1 saturated heterocycles. The van der Waals surface area contributed by atoms with Gasteiger partial charge in [0.25, 0.3) is 5.91 Å². The Morgan fingerprint density at radius 2 is 2.04 bits per heavy atom. The van der Waals surface area contributed by atoms with Crippen molar-refractivity contribution in [1.82, 2.24) is 24.7 Å². The SMILES string of the molecule is COc1ccccc1OCC(=O)N1CCC(c2nn3cnnc3s2)CC1. The van der Waals surface area contributed by atoms with Gasteiger partial charge in [0.2, 0.25) is 4.96 Å². The van der Waals surface area contributed by atoms with Gasteiger partial charge in [-0.3, -0.25) is 4.79 Å². The summed E-state index contributed by atoms with van der Waals surface area (Å²) >= 11 is 1.57. The normalized spacial score (nSPS) is 15.3. The molecule has 0 N–H and O–H groups in total. The van der Waals surface area contributed by atoms with Gasteiger partial charge in [0, 0.05) is 19.0 Å². The number of aromatic nitrogens is 4. The maximum Gasteiger partial charge on any atom is 0.260 e. The summed E-state index contributed by atoms with van der Waals surface area (Å²) in [6, 6.07) is 7.33. The summed E-state index contributed by atoms with van der Waals surface area (Å²) in [5, 5.41) is 13.4. The smallest absolute Gasteiger partial charge is 0.260 e. The zero-order valence-corrected chi connectivity index (χ0v) is 15.2.